The molecule has 0 saturated heterocycles. The van der Waals surface area contributed by atoms with E-state index in [4.69, 9.17) is 4.74 Å². The van der Waals surface area contributed by atoms with E-state index in [1.165, 1.54) is 11.1 Å². The number of carbonyl (C=O) groups excluding carboxylic acids is 1. The van der Waals surface area contributed by atoms with Gasteiger partial charge < -0.3 is 15.4 Å². The molecule has 1 aromatic heterocycles. The first-order chi connectivity index (χ1) is 13.6. The van der Waals surface area contributed by atoms with E-state index in [-0.39, 0.29) is 5.91 Å². The second kappa shape index (κ2) is 8.99. The molecule has 2 aromatic carbocycles. The molecule has 3 aromatic rings. The van der Waals surface area contributed by atoms with Crippen molar-refractivity contribution >= 4 is 23.2 Å². The second-order valence-corrected chi connectivity index (χ2v) is 6.23. The number of hydrogen-bond donors (Lipinski definition) is 2. The van der Waals surface area contributed by atoms with Crippen LogP contribution in [0.1, 0.15) is 35.5 Å². The highest BCUT2D eigenvalue weighted by Gasteiger charge is 2.12. The number of ether oxygens (including phenoxy) is 1. The fourth-order valence-electron chi connectivity index (χ4n) is 2.93. The second-order valence-electron chi connectivity index (χ2n) is 6.23. The van der Waals surface area contributed by atoms with Crippen LogP contribution >= 0.6 is 0 Å². The molecule has 0 radical (unpaired) electrons. The standard InChI is InChI=1S/C22H24N4O2/c1-4-15-7-6-8-16(5-2)20(15)26-22-23-14-13-19(25-22)21(27)24-17-9-11-18(28-3)12-10-17/h6-14H,4-5H2,1-3H3,(H,24,27)(H,23,25,26). The van der Waals surface area contributed by atoms with Gasteiger partial charge in [0, 0.05) is 17.6 Å². The molecule has 0 saturated carbocycles. The number of anilines is 3. The Morgan fingerprint density at radius 3 is 2.29 bits per heavy atom. The lowest BCUT2D eigenvalue weighted by Crippen LogP contribution is -2.15. The number of rotatable bonds is 7. The van der Waals surface area contributed by atoms with Gasteiger partial charge in [0.05, 0.1) is 7.11 Å². The van der Waals surface area contributed by atoms with E-state index >= 15 is 0 Å². The van der Waals surface area contributed by atoms with E-state index in [2.05, 4.69) is 52.6 Å². The van der Waals surface area contributed by atoms with Gasteiger partial charge in [0.15, 0.2) is 0 Å². The molecule has 0 aliphatic rings. The first-order valence-corrected chi connectivity index (χ1v) is 9.30. The Bertz CT molecular complexity index is 933. The maximum atomic E-state index is 12.6. The molecule has 1 heterocycles. The minimum absolute atomic E-state index is 0.292. The summed E-state index contributed by atoms with van der Waals surface area (Å²) in [5, 5.41) is 6.13. The zero-order valence-corrected chi connectivity index (χ0v) is 16.3. The molecule has 0 atom stereocenters. The van der Waals surface area contributed by atoms with Crippen molar-refractivity contribution in [2.45, 2.75) is 26.7 Å². The van der Waals surface area contributed by atoms with Crippen LogP contribution in [-0.2, 0) is 12.8 Å². The first-order valence-electron chi connectivity index (χ1n) is 9.30. The molecule has 1 amide bonds. The Morgan fingerprint density at radius 2 is 1.68 bits per heavy atom. The number of para-hydroxylation sites is 1. The molecule has 28 heavy (non-hydrogen) atoms. The molecule has 0 fully saturated rings. The molecule has 0 aliphatic carbocycles. The summed E-state index contributed by atoms with van der Waals surface area (Å²) < 4.78 is 5.13. The van der Waals surface area contributed by atoms with Gasteiger partial charge >= 0.3 is 0 Å². The third kappa shape index (κ3) is 4.46. The zero-order valence-electron chi connectivity index (χ0n) is 16.3. The van der Waals surface area contributed by atoms with E-state index in [0.717, 1.165) is 24.3 Å². The Balaban J connectivity index is 1.79. The minimum atomic E-state index is -0.296. The maximum Gasteiger partial charge on any atom is 0.274 e. The molecule has 3 rings (SSSR count). The lowest BCUT2D eigenvalue weighted by molar-refractivity contribution is 0.102. The smallest absolute Gasteiger partial charge is 0.274 e. The number of aryl methyl sites for hydroxylation is 2. The van der Waals surface area contributed by atoms with Gasteiger partial charge in [-0.1, -0.05) is 32.0 Å². The molecule has 2 N–H and O–H groups in total. The van der Waals surface area contributed by atoms with Crippen molar-refractivity contribution in [2.75, 3.05) is 17.7 Å². The lowest BCUT2D eigenvalue weighted by atomic mass is 10.0. The van der Waals surface area contributed by atoms with Crippen molar-refractivity contribution < 1.29 is 9.53 Å². The quantitative estimate of drug-likeness (QED) is 0.630. The van der Waals surface area contributed by atoms with Gasteiger partial charge in [-0.3, -0.25) is 4.79 Å². The average molecular weight is 376 g/mol. The van der Waals surface area contributed by atoms with E-state index in [9.17, 15) is 4.79 Å². The van der Waals surface area contributed by atoms with Crippen molar-refractivity contribution in [1.82, 2.24) is 9.97 Å². The SMILES string of the molecule is CCc1cccc(CC)c1Nc1nccc(C(=O)Nc2ccc(OC)cc2)n1. The molecular formula is C22H24N4O2. The first kappa shape index (κ1) is 19.4. The number of aromatic nitrogens is 2. The highest BCUT2D eigenvalue weighted by Crippen LogP contribution is 2.25. The van der Waals surface area contributed by atoms with Crippen molar-refractivity contribution in [3.8, 4) is 5.75 Å². The number of benzene rings is 2. The number of methoxy groups -OCH3 is 1. The van der Waals surface area contributed by atoms with Crippen LogP contribution in [-0.4, -0.2) is 23.0 Å². The zero-order chi connectivity index (χ0) is 19.9. The molecular weight excluding hydrogens is 352 g/mol. The van der Waals surface area contributed by atoms with Crippen LogP contribution in [0.2, 0.25) is 0 Å². The van der Waals surface area contributed by atoms with Crippen molar-refractivity contribution in [2.24, 2.45) is 0 Å². The van der Waals surface area contributed by atoms with E-state index in [1.807, 2.05) is 0 Å². The number of nitrogens with zero attached hydrogens (tertiary/aromatic N) is 2. The summed E-state index contributed by atoms with van der Waals surface area (Å²) in [6, 6.07) is 15.0. The van der Waals surface area contributed by atoms with Gasteiger partial charge in [0.25, 0.3) is 5.91 Å². The third-order valence-corrected chi connectivity index (χ3v) is 4.47. The molecule has 144 valence electrons. The van der Waals surface area contributed by atoms with Crippen LogP contribution in [0.4, 0.5) is 17.3 Å². The van der Waals surface area contributed by atoms with Crippen LogP contribution in [0.5, 0.6) is 5.75 Å². The van der Waals surface area contributed by atoms with E-state index < -0.39 is 0 Å². The third-order valence-electron chi connectivity index (χ3n) is 4.47. The summed E-state index contributed by atoms with van der Waals surface area (Å²) >= 11 is 0. The fourth-order valence-corrected chi connectivity index (χ4v) is 2.93. The van der Waals surface area contributed by atoms with Gasteiger partial charge in [0.2, 0.25) is 5.95 Å². The van der Waals surface area contributed by atoms with Crippen LogP contribution in [0.25, 0.3) is 0 Å². The van der Waals surface area contributed by atoms with Gasteiger partial charge in [0.1, 0.15) is 11.4 Å². The van der Waals surface area contributed by atoms with Gasteiger partial charge in [-0.25, -0.2) is 9.97 Å². The number of hydrogen-bond acceptors (Lipinski definition) is 5. The van der Waals surface area contributed by atoms with Crippen LogP contribution in [0.3, 0.4) is 0 Å². The molecule has 0 spiro atoms. The fraction of sp³-hybridized carbons (Fsp3) is 0.227. The monoisotopic (exact) mass is 376 g/mol. The number of carbonyl (C=O) groups is 1. The molecule has 0 bridgehead atoms. The Hall–Kier alpha value is -3.41. The predicted octanol–water partition coefficient (Wildman–Crippen LogP) is 4.61. The van der Waals surface area contributed by atoms with Crippen molar-refractivity contribution in [3.05, 3.63) is 71.5 Å². The maximum absolute atomic E-state index is 12.6. The van der Waals surface area contributed by atoms with Gasteiger partial charge in [-0.2, -0.15) is 0 Å². The topological polar surface area (TPSA) is 76.1 Å². The summed E-state index contributed by atoms with van der Waals surface area (Å²) in [6.45, 7) is 4.22. The number of amides is 1. The largest absolute Gasteiger partial charge is 0.497 e. The number of nitrogens with one attached hydrogen (secondary N) is 2. The summed E-state index contributed by atoms with van der Waals surface area (Å²) in [5.41, 5.74) is 4.36. The van der Waals surface area contributed by atoms with E-state index in [0.29, 0.717) is 17.3 Å². The Kier molecular flexibility index (Phi) is 6.22. The highest BCUT2D eigenvalue weighted by molar-refractivity contribution is 6.03. The summed E-state index contributed by atoms with van der Waals surface area (Å²) in [7, 11) is 1.60. The van der Waals surface area contributed by atoms with E-state index in [1.54, 1.807) is 43.6 Å². The average Bonchev–Trinajstić information content (AvgIpc) is 2.74. The minimum Gasteiger partial charge on any atom is -0.497 e. The van der Waals surface area contributed by atoms with Gasteiger partial charge in [-0.05, 0) is 54.3 Å². The van der Waals surface area contributed by atoms with Crippen LogP contribution < -0.4 is 15.4 Å². The highest BCUT2D eigenvalue weighted by atomic mass is 16.5. The van der Waals surface area contributed by atoms with Gasteiger partial charge in [-0.15, -0.1) is 0 Å². The summed E-state index contributed by atoms with van der Waals surface area (Å²) in [4.78, 5) is 21.2. The molecule has 6 heteroatoms. The van der Waals surface area contributed by atoms with Crippen LogP contribution in [0.15, 0.2) is 54.7 Å². The predicted molar refractivity (Wildman–Crippen MR) is 111 cm³/mol. The Labute approximate surface area is 165 Å². The normalized spacial score (nSPS) is 10.4. The van der Waals surface area contributed by atoms with Crippen LogP contribution in [0, 0.1) is 0 Å². The summed E-state index contributed by atoms with van der Waals surface area (Å²) in [6.07, 6.45) is 3.38. The van der Waals surface area contributed by atoms with Crippen molar-refractivity contribution in [1.29, 1.82) is 0 Å². The lowest BCUT2D eigenvalue weighted by Gasteiger charge is -2.14. The molecule has 6 nitrogen and oxygen atoms in total. The summed E-state index contributed by atoms with van der Waals surface area (Å²) in [5.74, 6) is 0.834. The Morgan fingerprint density at radius 1 is 1.00 bits per heavy atom. The molecule has 0 aliphatic heterocycles. The molecule has 0 unspecified atom stereocenters. The van der Waals surface area contributed by atoms with Crippen molar-refractivity contribution in [3.63, 3.8) is 0 Å².